The van der Waals surface area contributed by atoms with E-state index in [1.54, 1.807) is 0 Å². The van der Waals surface area contributed by atoms with E-state index in [-0.39, 0.29) is 5.91 Å². The van der Waals surface area contributed by atoms with Gasteiger partial charge in [-0.15, -0.1) is 0 Å². The maximum absolute atomic E-state index is 11.2. The van der Waals surface area contributed by atoms with E-state index in [4.69, 9.17) is 0 Å². The third-order valence-electron chi connectivity index (χ3n) is 2.73. The Morgan fingerprint density at radius 1 is 1.38 bits per heavy atom. The monoisotopic (exact) mass is 183 g/mol. The summed E-state index contributed by atoms with van der Waals surface area (Å²) in [5, 5.41) is 3.10. The summed E-state index contributed by atoms with van der Waals surface area (Å²) in [7, 11) is 0. The molecule has 0 aromatic carbocycles. The van der Waals surface area contributed by atoms with Crippen molar-refractivity contribution >= 4 is 5.91 Å². The molecule has 0 aliphatic carbocycles. The molecule has 1 unspecified atom stereocenters. The molecule has 0 radical (unpaired) electrons. The van der Waals surface area contributed by atoms with Crippen molar-refractivity contribution in [3.8, 4) is 0 Å². The Labute approximate surface area is 81.1 Å². The molecule has 0 aromatic heterocycles. The summed E-state index contributed by atoms with van der Waals surface area (Å²) in [6, 6.07) is 0.474. The SMILES string of the molecule is CCCCCC1CCCCC(=O)N1. The van der Waals surface area contributed by atoms with E-state index in [1.807, 2.05) is 0 Å². The number of hydrogen-bond acceptors (Lipinski definition) is 1. The van der Waals surface area contributed by atoms with E-state index >= 15 is 0 Å². The van der Waals surface area contributed by atoms with Gasteiger partial charge in [-0.2, -0.15) is 0 Å². The summed E-state index contributed by atoms with van der Waals surface area (Å²) in [6.45, 7) is 2.21. The van der Waals surface area contributed by atoms with E-state index in [1.165, 1.54) is 38.5 Å². The molecule has 1 atom stereocenters. The van der Waals surface area contributed by atoms with Gasteiger partial charge in [0.2, 0.25) is 5.91 Å². The second-order valence-electron chi connectivity index (χ2n) is 4.01. The predicted molar refractivity (Wildman–Crippen MR) is 54.5 cm³/mol. The van der Waals surface area contributed by atoms with Gasteiger partial charge in [0.15, 0.2) is 0 Å². The van der Waals surface area contributed by atoms with Gasteiger partial charge in [0.05, 0.1) is 0 Å². The number of carbonyl (C=O) groups excluding carboxylic acids is 1. The van der Waals surface area contributed by atoms with Gasteiger partial charge < -0.3 is 5.32 Å². The zero-order valence-electron chi connectivity index (χ0n) is 8.64. The molecule has 1 saturated heterocycles. The Hall–Kier alpha value is -0.530. The summed E-state index contributed by atoms with van der Waals surface area (Å²) in [6.07, 6.45) is 9.24. The number of rotatable bonds is 4. The van der Waals surface area contributed by atoms with Crippen molar-refractivity contribution in [3.63, 3.8) is 0 Å². The van der Waals surface area contributed by atoms with Crippen molar-refractivity contribution in [3.05, 3.63) is 0 Å². The highest BCUT2D eigenvalue weighted by Gasteiger charge is 2.15. The number of amides is 1. The summed E-state index contributed by atoms with van der Waals surface area (Å²) in [5.74, 6) is 0.263. The van der Waals surface area contributed by atoms with Crippen LogP contribution in [0.5, 0.6) is 0 Å². The molecule has 1 fully saturated rings. The summed E-state index contributed by atoms with van der Waals surface area (Å²) in [5.41, 5.74) is 0. The molecule has 0 spiro atoms. The van der Waals surface area contributed by atoms with Crippen LogP contribution in [0.2, 0.25) is 0 Å². The van der Waals surface area contributed by atoms with E-state index in [0.717, 1.165) is 12.8 Å². The van der Waals surface area contributed by atoms with Crippen LogP contribution in [0.3, 0.4) is 0 Å². The number of carbonyl (C=O) groups is 1. The topological polar surface area (TPSA) is 29.1 Å². The molecule has 1 aliphatic rings. The highest BCUT2D eigenvalue weighted by Crippen LogP contribution is 2.14. The largest absolute Gasteiger partial charge is 0.353 e. The van der Waals surface area contributed by atoms with Gasteiger partial charge in [-0.05, 0) is 19.3 Å². The lowest BCUT2D eigenvalue weighted by molar-refractivity contribution is -0.121. The second kappa shape index (κ2) is 6.01. The number of nitrogens with one attached hydrogen (secondary N) is 1. The lowest BCUT2D eigenvalue weighted by Gasteiger charge is -2.14. The predicted octanol–water partition coefficient (Wildman–Crippen LogP) is 2.63. The van der Waals surface area contributed by atoms with Crippen molar-refractivity contribution < 1.29 is 4.79 Å². The molecule has 76 valence electrons. The second-order valence-corrected chi connectivity index (χ2v) is 4.01. The van der Waals surface area contributed by atoms with Gasteiger partial charge in [-0.3, -0.25) is 4.79 Å². The van der Waals surface area contributed by atoms with Gasteiger partial charge in [-0.25, -0.2) is 0 Å². The van der Waals surface area contributed by atoms with Crippen LogP contribution in [-0.4, -0.2) is 11.9 Å². The molecule has 13 heavy (non-hydrogen) atoms. The first-order chi connectivity index (χ1) is 6.33. The Kier molecular flexibility index (Phi) is 4.87. The Morgan fingerprint density at radius 2 is 2.23 bits per heavy atom. The molecule has 1 rings (SSSR count). The van der Waals surface area contributed by atoms with E-state index in [2.05, 4.69) is 12.2 Å². The fourth-order valence-corrected chi connectivity index (χ4v) is 1.91. The number of unbranched alkanes of at least 4 members (excludes halogenated alkanes) is 2. The van der Waals surface area contributed by atoms with Crippen LogP contribution in [0.15, 0.2) is 0 Å². The van der Waals surface area contributed by atoms with Crippen LogP contribution in [0.4, 0.5) is 0 Å². The molecule has 0 aromatic rings. The standard InChI is InChI=1S/C11H21NO/c1-2-3-4-7-10-8-5-6-9-11(13)12-10/h10H,2-9H2,1H3,(H,12,13). The Balaban J connectivity index is 2.19. The molecule has 2 heteroatoms. The van der Waals surface area contributed by atoms with Crippen LogP contribution < -0.4 is 5.32 Å². The normalized spacial score (nSPS) is 23.8. The van der Waals surface area contributed by atoms with Crippen molar-refractivity contribution in [1.82, 2.24) is 5.32 Å². The van der Waals surface area contributed by atoms with E-state index in [9.17, 15) is 4.79 Å². The molecule has 0 saturated carbocycles. The Bertz CT molecular complexity index is 156. The zero-order chi connectivity index (χ0) is 9.52. The minimum absolute atomic E-state index is 0.263. The van der Waals surface area contributed by atoms with Crippen molar-refractivity contribution in [1.29, 1.82) is 0 Å². The van der Waals surface area contributed by atoms with Crippen LogP contribution >= 0.6 is 0 Å². The highest BCUT2D eigenvalue weighted by atomic mass is 16.1. The maximum Gasteiger partial charge on any atom is 0.220 e. The van der Waals surface area contributed by atoms with Crippen LogP contribution in [0.1, 0.15) is 58.3 Å². The van der Waals surface area contributed by atoms with E-state index in [0.29, 0.717) is 6.04 Å². The minimum atomic E-state index is 0.263. The minimum Gasteiger partial charge on any atom is -0.353 e. The molecule has 2 nitrogen and oxygen atoms in total. The van der Waals surface area contributed by atoms with Crippen LogP contribution in [-0.2, 0) is 4.79 Å². The van der Waals surface area contributed by atoms with Gasteiger partial charge >= 0.3 is 0 Å². The van der Waals surface area contributed by atoms with Crippen LogP contribution in [0.25, 0.3) is 0 Å². The van der Waals surface area contributed by atoms with E-state index < -0.39 is 0 Å². The highest BCUT2D eigenvalue weighted by molar-refractivity contribution is 5.76. The first-order valence-corrected chi connectivity index (χ1v) is 5.62. The third-order valence-corrected chi connectivity index (χ3v) is 2.73. The third kappa shape index (κ3) is 4.30. The molecule has 1 amide bonds. The molecule has 1 N–H and O–H groups in total. The molecular weight excluding hydrogens is 162 g/mol. The van der Waals surface area contributed by atoms with Gasteiger partial charge in [0, 0.05) is 12.5 Å². The van der Waals surface area contributed by atoms with Crippen molar-refractivity contribution in [2.75, 3.05) is 0 Å². The van der Waals surface area contributed by atoms with Crippen molar-refractivity contribution in [2.24, 2.45) is 0 Å². The lowest BCUT2D eigenvalue weighted by Crippen LogP contribution is -2.32. The smallest absolute Gasteiger partial charge is 0.220 e. The van der Waals surface area contributed by atoms with Gasteiger partial charge in [-0.1, -0.05) is 32.6 Å². The maximum atomic E-state index is 11.2. The molecule has 1 heterocycles. The first kappa shape index (κ1) is 10.6. The fraction of sp³-hybridized carbons (Fsp3) is 0.909. The quantitative estimate of drug-likeness (QED) is 0.667. The number of hydrogen-bond donors (Lipinski definition) is 1. The molecule has 1 aliphatic heterocycles. The van der Waals surface area contributed by atoms with Crippen molar-refractivity contribution in [2.45, 2.75) is 64.3 Å². The molecular formula is C11H21NO. The molecule has 0 bridgehead atoms. The fourth-order valence-electron chi connectivity index (χ4n) is 1.91. The summed E-state index contributed by atoms with van der Waals surface area (Å²) >= 11 is 0. The lowest BCUT2D eigenvalue weighted by atomic mass is 10.0. The average Bonchev–Trinajstić information content (AvgIpc) is 2.31. The average molecular weight is 183 g/mol. The first-order valence-electron chi connectivity index (χ1n) is 5.62. The summed E-state index contributed by atoms with van der Waals surface area (Å²) < 4.78 is 0. The van der Waals surface area contributed by atoms with Gasteiger partial charge in [0.25, 0.3) is 0 Å². The zero-order valence-corrected chi connectivity index (χ0v) is 8.64. The Morgan fingerprint density at radius 3 is 3.00 bits per heavy atom. The summed E-state index contributed by atoms with van der Waals surface area (Å²) in [4.78, 5) is 11.2. The van der Waals surface area contributed by atoms with Gasteiger partial charge in [0.1, 0.15) is 0 Å². The van der Waals surface area contributed by atoms with Crippen LogP contribution in [0, 0.1) is 0 Å².